The summed E-state index contributed by atoms with van der Waals surface area (Å²) in [7, 11) is -2.58. The molecular formula is C23H23ClF3N5O2S. The Labute approximate surface area is 206 Å². The lowest BCUT2D eigenvalue weighted by molar-refractivity contribution is -0.137. The highest BCUT2D eigenvalue weighted by molar-refractivity contribution is 7.95. The summed E-state index contributed by atoms with van der Waals surface area (Å²) in [5.41, 5.74) is 1.16. The Balaban J connectivity index is 2.23. The molecule has 0 unspecified atom stereocenters. The predicted molar refractivity (Wildman–Crippen MR) is 126 cm³/mol. The topological polar surface area (TPSA) is 93.6 Å². The SMILES string of the molecule is Cc1nn(C)c(C)c1S(=O)(=O)/C(C#N)=C/c1cc(C(C)C)n(-c2ncc(C(F)(F)F)cc2Cl)c1C. The second-order valence-corrected chi connectivity index (χ2v) is 10.6. The lowest BCUT2D eigenvalue weighted by atomic mass is 10.1. The number of sulfone groups is 1. The van der Waals surface area contributed by atoms with Gasteiger partial charge in [-0.05, 0) is 50.5 Å². The molecule has 0 fully saturated rings. The van der Waals surface area contributed by atoms with Gasteiger partial charge in [0.2, 0.25) is 9.84 Å². The molecule has 0 radical (unpaired) electrons. The van der Waals surface area contributed by atoms with Crippen LogP contribution in [0.25, 0.3) is 11.9 Å². The maximum Gasteiger partial charge on any atom is 0.417 e. The third kappa shape index (κ3) is 4.73. The zero-order chi connectivity index (χ0) is 26.5. The number of nitriles is 1. The molecular weight excluding hydrogens is 503 g/mol. The van der Waals surface area contributed by atoms with Gasteiger partial charge in [0, 0.05) is 24.6 Å². The van der Waals surface area contributed by atoms with Crippen LogP contribution in [0.1, 0.15) is 53.7 Å². The third-order valence-electron chi connectivity index (χ3n) is 5.66. The highest BCUT2D eigenvalue weighted by atomic mass is 35.5. The van der Waals surface area contributed by atoms with Gasteiger partial charge in [-0.25, -0.2) is 13.4 Å². The van der Waals surface area contributed by atoms with Gasteiger partial charge in [-0.2, -0.15) is 23.5 Å². The Morgan fingerprint density at radius 3 is 2.29 bits per heavy atom. The number of halogens is 4. The van der Waals surface area contributed by atoms with Crippen LogP contribution in [-0.2, 0) is 23.1 Å². The zero-order valence-corrected chi connectivity index (χ0v) is 21.4. The summed E-state index contributed by atoms with van der Waals surface area (Å²) in [5.74, 6) is -0.0539. The van der Waals surface area contributed by atoms with Crippen molar-refractivity contribution in [2.24, 2.45) is 7.05 Å². The van der Waals surface area contributed by atoms with Crippen molar-refractivity contribution in [1.29, 1.82) is 5.26 Å². The maximum absolute atomic E-state index is 13.3. The Kier molecular flexibility index (Phi) is 6.94. The average Bonchev–Trinajstić information content (AvgIpc) is 3.20. The highest BCUT2D eigenvalue weighted by Crippen LogP contribution is 2.35. The van der Waals surface area contributed by atoms with Gasteiger partial charge in [0.1, 0.15) is 15.9 Å². The maximum atomic E-state index is 13.3. The Bertz CT molecular complexity index is 1490. The molecule has 12 heteroatoms. The molecule has 0 aliphatic heterocycles. The minimum Gasteiger partial charge on any atom is -0.301 e. The monoisotopic (exact) mass is 525 g/mol. The molecule has 0 bridgehead atoms. The van der Waals surface area contributed by atoms with Crippen molar-refractivity contribution >= 4 is 27.5 Å². The van der Waals surface area contributed by atoms with Crippen LogP contribution in [0.15, 0.2) is 28.1 Å². The first-order valence-corrected chi connectivity index (χ1v) is 12.3. The van der Waals surface area contributed by atoms with Crippen LogP contribution in [0.5, 0.6) is 0 Å². The highest BCUT2D eigenvalue weighted by Gasteiger charge is 2.32. The van der Waals surface area contributed by atoms with Gasteiger partial charge >= 0.3 is 6.18 Å². The molecule has 0 saturated heterocycles. The second kappa shape index (κ2) is 9.17. The van der Waals surface area contributed by atoms with Crippen LogP contribution < -0.4 is 0 Å². The third-order valence-corrected chi connectivity index (χ3v) is 7.86. The quantitative estimate of drug-likeness (QED) is 0.400. The molecule has 7 nitrogen and oxygen atoms in total. The summed E-state index contributed by atoms with van der Waals surface area (Å²) in [6.45, 7) is 8.52. The fourth-order valence-corrected chi connectivity index (χ4v) is 5.64. The summed E-state index contributed by atoms with van der Waals surface area (Å²) in [5, 5.41) is 13.7. The van der Waals surface area contributed by atoms with E-state index in [1.165, 1.54) is 10.8 Å². The first-order chi connectivity index (χ1) is 16.1. The fourth-order valence-electron chi connectivity index (χ4n) is 3.82. The molecule has 3 rings (SSSR count). The number of hydrogen-bond acceptors (Lipinski definition) is 5. The van der Waals surface area contributed by atoms with Gasteiger partial charge < -0.3 is 4.57 Å². The summed E-state index contributed by atoms with van der Waals surface area (Å²) < 4.78 is 68.9. The number of pyridine rings is 1. The number of hydrogen-bond donors (Lipinski definition) is 0. The standard InChI is InChI=1S/C23H23ClF3N5O2S/c1-12(2)20-8-16(7-18(10-28)35(33,34)21-13(3)30-31(6)15(21)5)14(4)32(20)22-19(24)9-17(11-29-22)23(25,26)27/h7-9,11-12H,1-6H3/b18-7+. The van der Waals surface area contributed by atoms with E-state index >= 15 is 0 Å². The molecule has 0 aliphatic carbocycles. The number of nitrogens with zero attached hydrogens (tertiary/aromatic N) is 5. The molecule has 0 amide bonds. The molecule has 3 aromatic heterocycles. The van der Waals surface area contributed by atoms with Crippen LogP contribution in [0.2, 0.25) is 5.02 Å². The van der Waals surface area contributed by atoms with Crippen LogP contribution in [0.3, 0.4) is 0 Å². The minimum atomic E-state index is -4.60. The van der Waals surface area contributed by atoms with Gasteiger partial charge in [-0.15, -0.1) is 0 Å². The minimum absolute atomic E-state index is 0.0404. The van der Waals surface area contributed by atoms with Gasteiger partial charge in [-0.1, -0.05) is 25.4 Å². The van der Waals surface area contributed by atoms with E-state index in [1.54, 1.807) is 44.5 Å². The van der Waals surface area contributed by atoms with Crippen molar-refractivity contribution in [1.82, 2.24) is 19.3 Å². The Morgan fingerprint density at radius 2 is 1.83 bits per heavy atom. The van der Waals surface area contributed by atoms with E-state index < -0.39 is 26.5 Å². The van der Waals surface area contributed by atoms with E-state index in [4.69, 9.17) is 11.6 Å². The number of aromatic nitrogens is 4. The molecule has 0 saturated carbocycles. The number of alkyl halides is 3. The van der Waals surface area contributed by atoms with Crippen molar-refractivity contribution < 1.29 is 21.6 Å². The van der Waals surface area contributed by atoms with Crippen molar-refractivity contribution in [2.45, 2.75) is 51.6 Å². The van der Waals surface area contributed by atoms with Crippen molar-refractivity contribution in [3.8, 4) is 11.9 Å². The molecule has 0 N–H and O–H groups in total. The van der Waals surface area contributed by atoms with Crippen LogP contribution in [-0.4, -0.2) is 27.7 Å². The van der Waals surface area contributed by atoms with Gasteiger partial charge in [0.15, 0.2) is 5.82 Å². The molecule has 0 aliphatic rings. The van der Waals surface area contributed by atoms with E-state index in [0.29, 0.717) is 28.8 Å². The molecule has 3 aromatic rings. The fraction of sp³-hybridized carbons (Fsp3) is 0.348. The van der Waals surface area contributed by atoms with Crippen molar-refractivity contribution in [2.75, 3.05) is 0 Å². The van der Waals surface area contributed by atoms with E-state index in [9.17, 15) is 26.9 Å². The molecule has 0 spiro atoms. The molecule has 186 valence electrons. The second-order valence-electron chi connectivity index (χ2n) is 8.37. The zero-order valence-electron chi connectivity index (χ0n) is 19.9. The summed E-state index contributed by atoms with van der Waals surface area (Å²) in [6, 6.07) is 4.24. The molecule has 0 aromatic carbocycles. The average molecular weight is 526 g/mol. The Hall–Kier alpha value is -3.10. The molecule has 35 heavy (non-hydrogen) atoms. The largest absolute Gasteiger partial charge is 0.417 e. The van der Waals surface area contributed by atoms with Crippen molar-refractivity contribution in [3.05, 3.63) is 62.2 Å². The van der Waals surface area contributed by atoms with Gasteiger partial charge in [0.25, 0.3) is 0 Å². The van der Waals surface area contributed by atoms with E-state index in [-0.39, 0.29) is 27.3 Å². The number of allylic oxidation sites excluding steroid dienone is 1. The normalized spacial score (nSPS) is 12.9. The van der Waals surface area contributed by atoms with Crippen molar-refractivity contribution in [3.63, 3.8) is 0 Å². The number of rotatable bonds is 5. The lowest BCUT2D eigenvalue weighted by Gasteiger charge is -2.16. The van der Waals surface area contributed by atoms with Crippen LogP contribution in [0.4, 0.5) is 13.2 Å². The van der Waals surface area contributed by atoms with Gasteiger partial charge in [-0.3, -0.25) is 4.68 Å². The van der Waals surface area contributed by atoms with Crippen LogP contribution in [0, 0.1) is 32.1 Å². The smallest absolute Gasteiger partial charge is 0.301 e. The summed E-state index contributed by atoms with van der Waals surface area (Å²) >= 11 is 6.19. The van der Waals surface area contributed by atoms with E-state index in [2.05, 4.69) is 10.1 Å². The summed E-state index contributed by atoms with van der Waals surface area (Å²) in [6.07, 6.45) is -2.66. The first kappa shape index (κ1) is 26.5. The Morgan fingerprint density at radius 1 is 1.20 bits per heavy atom. The van der Waals surface area contributed by atoms with E-state index in [1.807, 2.05) is 13.8 Å². The lowest BCUT2D eigenvalue weighted by Crippen LogP contribution is -2.10. The van der Waals surface area contributed by atoms with Crippen LogP contribution >= 0.6 is 11.6 Å². The van der Waals surface area contributed by atoms with Gasteiger partial charge in [0.05, 0.1) is 22.0 Å². The number of aryl methyl sites for hydroxylation is 2. The van der Waals surface area contributed by atoms with E-state index in [0.717, 1.165) is 6.07 Å². The predicted octanol–water partition coefficient (Wildman–Crippen LogP) is 5.67. The summed E-state index contributed by atoms with van der Waals surface area (Å²) in [4.78, 5) is 3.42. The molecule has 3 heterocycles. The first-order valence-electron chi connectivity index (χ1n) is 10.4. The molecule has 0 atom stereocenters.